The molecule has 30 heavy (non-hydrogen) atoms. The topological polar surface area (TPSA) is 78.5 Å². The predicted octanol–water partition coefficient (Wildman–Crippen LogP) is 4.12. The fourth-order valence-corrected chi connectivity index (χ4v) is 5.24. The lowest BCUT2D eigenvalue weighted by Gasteiger charge is -2.29. The highest BCUT2D eigenvalue weighted by Gasteiger charge is 2.19. The third-order valence-corrected chi connectivity index (χ3v) is 7.82. The van der Waals surface area contributed by atoms with Crippen molar-refractivity contribution >= 4 is 50.2 Å². The fraction of sp³-hybridized carbons (Fsp3) is 0.190. The number of benzene rings is 2. The van der Waals surface area contributed by atoms with Crippen LogP contribution in [0.2, 0.25) is 5.02 Å². The Morgan fingerprint density at radius 2 is 1.90 bits per heavy atom. The van der Waals surface area contributed by atoms with Gasteiger partial charge in [0.1, 0.15) is 0 Å². The molecule has 1 amide bonds. The van der Waals surface area contributed by atoms with Crippen molar-refractivity contribution in [1.29, 1.82) is 0 Å². The highest BCUT2D eigenvalue weighted by atomic mass is 35.5. The number of hydrogen-bond donors (Lipinski definition) is 2. The average Bonchev–Trinajstić information content (AvgIpc) is 3.22. The van der Waals surface area contributed by atoms with Crippen molar-refractivity contribution in [3.8, 4) is 0 Å². The SMILES string of the molecule is CNS(=O)(=O)c1ccc(Cl)c(C(=O)Nc2ccc(N3CCc4sccc4C3)cc2)c1. The molecule has 1 aromatic heterocycles. The second-order valence-corrected chi connectivity index (χ2v) is 10.2. The van der Waals surface area contributed by atoms with Crippen molar-refractivity contribution in [1.82, 2.24) is 4.72 Å². The van der Waals surface area contributed by atoms with Crippen LogP contribution in [0, 0.1) is 0 Å². The number of sulfonamides is 1. The number of nitrogens with zero attached hydrogens (tertiary/aromatic N) is 1. The van der Waals surface area contributed by atoms with Gasteiger partial charge in [0.2, 0.25) is 10.0 Å². The summed E-state index contributed by atoms with van der Waals surface area (Å²) in [4.78, 5) is 16.4. The average molecular weight is 462 g/mol. The maximum Gasteiger partial charge on any atom is 0.257 e. The van der Waals surface area contributed by atoms with Gasteiger partial charge in [0.15, 0.2) is 0 Å². The van der Waals surface area contributed by atoms with E-state index in [1.165, 1.54) is 35.7 Å². The Balaban J connectivity index is 1.49. The number of rotatable bonds is 5. The van der Waals surface area contributed by atoms with Gasteiger partial charge < -0.3 is 10.2 Å². The van der Waals surface area contributed by atoms with Crippen molar-refractivity contribution in [3.63, 3.8) is 0 Å². The number of carbonyl (C=O) groups excluding carboxylic acids is 1. The van der Waals surface area contributed by atoms with E-state index in [1.54, 1.807) is 0 Å². The quantitative estimate of drug-likeness (QED) is 0.599. The third kappa shape index (κ3) is 4.22. The molecule has 0 saturated heterocycles. The molecule has 3 aromatic rings. The zero-order chi connectivity index (χ0) is 21.3. The van der Waals surface area contributed by atoms with E-state index in [-0.39, 0.29) is 15.5 Å². The van der Waals surface area contributed by atoms with Gasteiger partial charge in [0, 0.05) is 29.3 Å². The number of halogens is 1. The Labute approximate surface area is 184 Å². The highest BCUT2D eigenvalue weighted by molar-refractivity contribution is 7.89. The van der Waals surface area contributed by atoms with Gasteiger partial charge >= 0.3 is 0 Å². The first-order chi connectivity index (χ1) is 14.4. The lowest BCUT2D eigenvalue weighted by molar-refractivity contribution is 0.102. The number of anilines is 2. The van der Waals surface area contributed by atoms with E-state index in [0.29, 0.717) is 5.69 Å². The number of fused-ring (bicyclic) bond motifs is 1. The minimum absolute atomic E-state index is 0.0206. The van der Waals surface area contributed by atoms with Crippen LogP contribution in [0.3, 0.4) is 0 Å². The Bertz CT molecular complexity index is 1190. The molecule has 0 fully saturated rings. The van der Waals surface area contributed by atoms with Crippen molar-refractivity contribution < 1.29 is 13.2 Å². The molecule has 0 saturated carbocycles. The first kappa shape index (κ1) is 20.9. The summed E-state index contributed by atoms with van der Waals surface area (Å²) < 4.78 is 26.2. The van der Waals surface area contributed by atoms with Gasteiger partial charge in [-0.05, 0) is 72.9 Å². The van der Waals surface area contributed by atoms with Crippen molar-refractivity contribution in [2.75, 3.05) is 23.8 Å². The Morgan fingerprint density at radius 1 is 1.13 bits per heavy atom. The number of amides is 1. The molecule has 4 rings (SSSR count). The van der Waals surface area contributed by atoms with Gasteiger partial charge in [-0.1, -0.05) is 11.6 Å². The molecule has 2 heterocycles. The van der Waals surface area contributed by atoms with Crippen molar-refractivity contribution in [2.24, 2.45) is 0 Å². The van der Waals surface area contributed by atoms with E-state index in [0.717, 1.165) is 25.2 Å². The van der Waals surface area contributed by atoms with Crippen LogP contribution in [0.4, 0.5) is 11.4 Å². The standard InChI is InChI=1S/C21H20ClN3O3S2/c1-23-30(27,28)17-6-7-19(22)18(12-17)21(26)24-15-2-4-16(5-3-15)25-10-8-20-14(13-25)9-11-29-20/h2-7,9,11-12,23H,8,10,13H2,1H3,(H,24,26). The first-order valence-corrected chi connectivity index (χ1v) is 12.1. The van der Waals surface area contributed by atoms with Crippen LogP contribution in [-0.2, 0) is 23.0 Å². The molecule has 9 heteroatoms. The molecule has 2 N–H and O–H groups in total. The Hall–Kier alpha value is -2.39. The highest BCUT2D eigenvalue weighted by Crippen LogP contribution is 2.29. The molecule has 0 bridgehead atoms. The molecule has 0 atom stereocenters. The van der Waals surface area contributed by atoms with Gasteiger partial charge in [-0.2, -0.15) is 0 Å². The summed E-state index contributed by atoms with van der Waals surface area (Å²) in [5.74, 6) is -0.471. The van der Waals surface area contributed by atoms with Crippen molar-refractivity contribution in [2.45, 2.75) is 17.9 Å². The molecule has 0 unspecified atom stereocenters. The fourth-order valence-electron chi connectivity index (χ4n) is 3.39. The summed E-state index contributed by atoms with van der Waals surface area (Å²) in [5.41, 5.74) is 3.16. The zero-order valence-electron chi connectivity index (χ0n) is 16.2. The summed E-state index contributed by atoms with van der Waals surface area (Å²) in [6.07, 6.45) is 1.04. The van der Waals surface area contributed by atoms with Crippen LogP contribution in [0.5, 0.6) is 0 Å². The zero-order valence-corrected chi connectivity index (χ0v) is 18.6. The largest absolute Gasteiger partial charge is 0.367 e. The minimum atomic E-state index is -3.67. The summed E-state index contributed by atoms with van der Waals surface area (Å²) >= 11 is 7.94. The number of nitrogens with one attached hydrogen (secondary N) is 2. The first-order valence-electron chi connectivity index (χ1n) is 9.32. The molecule has 6 nitrogen and oxygen atoms in total. The van der Waals surface area contributed by atoms with Crippen molar-refractivity contribution in [3.05, 3.63) is 74.9 Å². The number of hydrogen-bond acceptors (Lipinski definition) is 5. The summed E-state index contributed by atoms with van der Waals surface area (Å²) in [7, 11) is -2.36. The van der Waals surface area contributed by atoms with E-state index in [1.807, 2.05) is 35.6 Å². The molecule has 156 valence electrons. The van der Waals surface area contributed by atoms with Crippen LogP contribution in [0.1, 0.15) is 20.8 Å². The molecule has 2 aromatic carbocycles. The molecule has 0 spiro atoms. The van der Waals surface area contributed by atoms with E-state index in [4.69, 9.17) is 11.6 Å². The Kier molecular flexibility index (Phi) is 5.84. The van der Waals surface area contributed by atoms with E-state index < -0.39 is 15.9 Å². The smallest absolute Gasteiger partial charge is 0.257 e. The van der Waals surface area contributed by atoms with Gasteiger partial charge in [0.05, 0.1) is 15.5 Å². The number of thiophene rings is 1. The van der Waals surface area contributed by atoms with Crippen LogP contribution in [-0.4, -0.2) is 27.9 Å². The van der Waals surface area contributed by atoms with Crippen LogP contribution >= 0.6 is 22.9 Å². The molecule has 1 aliphatic heterocycles. The molecular formula is C21H20ClN3O3S2. The van der Waals surface area contributed by atoms with Gasteiger partial charge in [-0.25, -0.2) is 13.1 Å². The maximum atomic E-state index is 12.7. The van der Waals surface area contributed by atoms with E-state index in [9.17, 15) is 13.2 Å². The molecular weight excluding hydrogens is 442 g/mol. The van der Waals surface area contributed by atoms with E-state index in [2.05, 4.69) is 26.4 Å². The summed E-state index contributed by atoms with van der Waals surface area (Å²) in [5, 5.41) is 5.10. The second-order valence-electron chi connectivity index (χ2n) is 6.89. The lowest BCUT2D eigenvalue weighted by atomic mass is 10.1. The van der Waals surface area contributed by atoms with Gasteiger partial charge in [0.25, 0.3) is 5.91 Å². The van der Waals surface area contributed by atoms with Crippen LogP contribution in [0.25, 0.3) is 0 Å². The van der Waals surface area contributed by atoms with E-state index >= 15 is 0 Å². The second kappa shape index (κ2) is 8.39. The lowest BCUT2D eigenvalue weighted by Crippen LogP contribution is -2.29. The van der Waals surface area contributed by atoms with Gasteiger partial charge in [-0.3, -0.25) is 4.79 Å². The maximum absolute atomic E-state index is 12.7. The van der Waals surface area contributed by atoms with Gasteiger partial charge in [-0.15, -0.1) is 11.3 Å². The van der Waals surface area contributed by atoms with Crippen LogP contribution < -0.4 is 14.9 Å². The van der Waals surface area contributed by atoms with Crippen LogP contribution in [0.15, 0.2) is 58.8 Å². The summed E-state index contributed by atoms with van der Waals surface area (Å²) in [6.45, 7) is 1.84. The summed E-state index contributed by atoms with van der Waals surface area (Å²) in [6, 6.07) is 13.8. The molecule has 0 radical (unpaired) electrons. The predicted molar refractivity (Wildman–Crippen MR) is 121 cm³/mol. The normalized spacial score (nSPS) is 13.7. The Morgan fingerprint density at radius 3 is 2.63 bits per heavy atom. The number of carbonyl (C=O) groups is 1. The third-order valence-electron chi connectivity index (χ3n) is 5.06. The molecule has 1 aliphatic rings. The molecule has 0 aliphatic carbocycles. The minimum Gasteiger partial charge on any atom is -0.367 e. The monoisotopic (exact) mass is 461 g/mol.